The maximum absolute atomic E-state index is 6.00. The van der Waals surface area contributed by atoms with Gasteiger partial charge >= 0.3 is 0 Å². The second kappa shape index (κ2) is 10.2. The first-order valence-electron chi connectivity index (χ1n) is 13.1. The average Bonchev–Trinajstić information content (AvgIpc) is 3.42. The molecule has 0 aromatic heterocycles. The molecule has 5 heteroatoms. The van der Waals surface area contributed by atoms with Gasteiger partial charge in [-0.3, -0.25) is 4.99 Å². The van der Waals surface area contributed by atoms with Gasteiger partial charge in [-0.1, -0.05) is 44.9 Å². The fraction of sp³-hybridized carbons (Fsp3) is 0.500. The lowest BCUT2D eigenvalue weighted by Crippen LogP contribution is -2.43. The summed E-state index contributed by atoms with van der Waals surface area (Å²) < 4.78 is 0. The number of nitrogens with one attached hydrogen (secondary N) is 3. The minimum atomic E-state index is -0.306. The molecule has 0 spiro atoms. The number of hydrogen-bond acceptors (Lipinski definition) is 5. The molecule has 0 aromatic carbocycles. The van der Waals surface area contributed by atoms with Crippen molar-refractivity contribution in [3.05, 3.63) is 71.0 Å². The van der Waals surface area contributed by atoms with E-state index < -0.39 is 0 Å². The molecule has 4 rings (SSSR count). The topological polar surface area (TPSA) is 51.7 Å². The number of dihydropyridines is 1. The standard InChI is InChI=1S/C30H41N5/c1-8-11-28-30(7,10-3)25(17-33-28)12-13-31-26-15-24(23-14-21(5)22(6)32-16-23)19-35-27(20(4)9-2)18-34-29(26)35/h3,8,11,14-22,28-29,31,33-34H,9,12-13H2,1-2,4-7H3/b11-8-/t20?,21?,22?,28?,29-,30+/m0/s1. The second-order valence-corrected chi connectivity index (χ2v) is 10.4. The van der Waals surface area contributed by atoms with E-state index in [0.29, 0.717) is 17.9 Å². The van der Waals surface area contributed by atoms with Gasteiger partial charge < -0.3 is 20.9 Å². The lowest BCUT2D eigenvalue weighted by atomic mass is 9.77. The molecule has 0 fully saturated rings. The van der Waals surface area contributed by atoms with Crippen molar-refractivity contribution in [3.8, 4) is 12.3 Å². The Hall–Kier alpha value is -3.13. The van der Waals surface area contributed by atoms with Crippen LogP contribution in [-0.4, -0.2) is 35.9 Å². The molecule has 4 unspecified atom stereocenters. The van der Waals surface area contributed by atoms with E-state index in [1.807, 2.05) is 13.1 Å². The summed E-state index contributed by atoms with van der Waals surface area (Å²) in [7, 11) is 0. The number of aliphatic imine (C=N–C) groups is 1. The molecule has 4 aliphatic heterocycles. The lowest BCUT2D eigenvalue weighted by molar-refractivity contribution is 0.332. The zero-order chi connectivity index (χ0) is 25.2. The number of nitrogens with zero attached hydrogens (tertiary/aromatic N) is 2. The first-order valence-corrected chi connectivity index (χ1v) is 13.1. The van der Waals surface area contributed by atoms with Crippen LogP contribution in [0.5, 0.6) is 0 Å². The molecule has 0 aromatic rings. The van der Waals surface area contributed by atoms with Crippen LogP contribution in [0.3, 0.4) is 0 Å². The van der Waals surface area contributed by atoms with Crippen molar-refractivity contribution in [2.45, 2.75) is 72.6 Å². The monoisotopic (exact) mass is 471 g/mol. The Balaban J connectivity index is 1.53. The Labute approximate surface area is 211 Å². The summed E-state index contributed by atoms with van der Waals surface area (Å²) in [6.45, 7) is 14.0. The lowest BCUT2D eigenvalue weighted by Gasteiger charge is -2.35. The summed E-state index contributed by atoms with van der Waals surface area (Å²) in [5.74, 6) is 3.95. The van der Waals surface area contributed by atoms with Gasteiger partial charge in [-0.15, -0.1) is 6.42 Å². The fourth-order valence-corrected chi connectivity index (χ4v) is 5.17. The zero-order valence-corrected chi connectivity index (χ0v) is 22.1. The molecule has 35 heavy (non-hydrogen) atoms. The van der Waals surface area contributed by atoms with Gasteiger partial charge in [-0.25, -0.2) is 0 Å². The third-order valence-corrected chi connectivity index (χ3v) is 8.09. The Kier molecular flexibility index (Phi) is 7.31. The summed E-state index contributed by atoms with van der Waals surface area (Å²) in [4.78, 5) is 7.14. The zero-order valence-electron chi connectivity index (χ0n) is 22.1. The summed E-state index contributed by atoms with van der Waals surface area (Å²) >= 11 is 0. The summed E-state index contributed by atoms with van der Waals surface area (Å²) in [5, 5.41) is 10.8. The van der Waals surface area contributed by atoms with E-state index in [1.165, 1.54) is 28.1 Å². The van der Waals surface area contributed by atoms with Crippen LogP contribution in [0.15, 0.2) is 76.0 Å². The molecule has 0 aliphatic carbocycles. The molecular weight excluding hydrogens is 430 g/mol. The Morgan fingerprint density at radius 1 is 1.29 bits per heavy atom. The predicted molar refractivity (Wildman–Crippen MR) is 147 cm³/mol. The molecule has 6 atom stereocenters. The number of hydrogen-bond donors (Lipinski definition) is 3. The minimum Gasteiger partial charge on any atom is -0.385 e. The van der Waals surface area contributed by atoms with Crippen molar-refractivity contribution >= 4 is 6.21 Å². The summed E-state index contributed by atoms with van der Waals surface area (Å²) in [6.07, 6.45) is 25.5. The highest BCUT2D eigenvalue weighted by Crippen LogP contribution is 2.38. The van der Waals surface area contributed by atoms with Crippen LogP contribution in [0.4, 0.5) is 0 Å². The summed E-state index contributed by atoms with van der Waals surface area (Å²) in [6, 6.07) is 0.471. The van der Waals surface area contributed by atoms with E-state index in [1.54, 1.807) is 0 Å². The highest BCUT2D eigenvalue weighted by Gasteiger charge is 2.38. The highest BCUT2D eigenvalue weighted by molar-refractivity contribution is 5.87. The number of terminal acetylenes is 1. The first-order chi connectivity index (χ1) is 16.8. The Morgan fingerprint density at radius 3 is 2.77 bits per heavy atom. The molecule has 186 valence electrons. The molecule has 0 amide bonds. The molecular formula is C30H41N5. The van der Waals surface area contributed by atoms with Crippen molar-refractivity contribution in [3.63, 3.8) is 0 Å². The van der Waals surface area contributed by atoms with E-state index in [4.69, 9.17) is 11.4 Å². The number of allylic oxidation sites excluding steroid dienone is 5. The molecule has 0 radical (unpaired) electrons. The number of rotatable bonds is 8. The number of fused-ring (bicyclic) bond motifs is 1. The Morgan fingerprint density at radius 2 is 2.09 bits per heavy atom. The van der Waals surface area contributed by atoms with Gasteiger partial charge in [0, 0.05) is 36.4 Å². The van der Waals surface area contributed by atoms with Crippen LogP contribution in [0.2, 0.25) is 0 Å². The third kappa shape index (κ3) is 4.72. The normalized spacial score (nSPS) is 32.5. The maximum Gasteiger partial charge on any atom is 0.144 e. The van der Waals surface area contributed by atoms with Crippen LogP contribution >= 0.6 is 0 Å². The minimum absolute atomic E-state index is 0.0886. The smallest absolute Gasteiger partial charge is 0.144 e. The highest BCUT2D eigenvalue weighted by atomic mass is 15.3. The van der Waals surface area contributed by atoms with Crippen molar-refractivity contribution < 1.29 is 0 Å². The van der Waals surface area contributed by atoms with E-state index in [-0.39, 0.29) is 17.6 Å². The van der Waals surface area contributed by atoms with Gasteiger partial charge in [0.15, 0.2) is 0 Å². The van der Waals surface area contributed by atoms with E-state index in [2.05, 4.69) is 104 Å². The van der Waals surface area contributed by atoms with Crippen molar-refractivity contribution in [1.29, 1.82) is 0 Å². The van der Waals surface area contributed by atoms with E-state index in [9.17, 15) is 0 Å². The Bertz CT molecular complexity index is 1080. The predicted octanol–water partition coefficient (Wildman–Crippen LogP) is 4.97. The fourth-order valence-electron chi connectivity index (χ4n) is 5.17. The molecule has 3 N–H and O–H groups in total. The molecule has 5 nitrogen and oxygen atoms in total. The molecule has 4 heterocycles. The van der Waals surface area contributed by atoms with Gasteiger partial charge in [-0.05, 0) is 68.9 Å². The van der Waals surface area contributed by atoms with Crippen molar-refractivity contribution in [1.82, 2.24) is 20.9 Å². The third-order valence-electron chi connectivity index (χ3n) is 8.09. The average molecular weight is 472 g/mol. The molecule has 4 aliphatic rings. The molecule has 0 bridgehead atoms. The summed E-state index contributed by atoms with van der Waals surface area (Å²) in [5.41, 5.74) is 5.86. The van der Waals surface area contributed by atoms with Crippen LogP contribution in [0, 0.1) is 29.6 Å². The quantitative estimate of drug-likeness (QED) is 0.345. The van der Waals surface area contributed by atoms with Crippen LogP contribution in [-0.2, 0) is 0 Å². The van der Waals surface area contributed by atoms with Gasteiger partial charge in [0.25, 0.3) is 0 Å². The van der Waals surface area contributed by atoms with E-state index in [0.717, 1.165) is 19.4 Å². The first kappa shape index (κ1) is 25.0. The van der Waals surface area contributed by atoms with Crippen molar-refractivity contribution in [2.75, 3.05) is 6.54 Å². The van der Waals surface area contributed by atoms with Crippen LogP contribution in [0.25, 0.3) is 0 Å². The maximum atomic E-state index is 6.00. The van der Waals surface area contributed by atoms with Crippen molar-refractivity contribution in [2.24, 2.45) is 22.2 Å². The van der Waals surface area contributed by atoms with Gasteiger partial charge in [-0.2, -0.15) is 0 Å². The van der Waals surface area contributed by atoms with Gasteiger partial charge in [0.2, 0.25) is 0 Å². The second-order valence-electron chi connectivity index (χ2n) is 10.4. The van der Waals surface area contributed by atoms with E-state index >= 15 is 0 Å². The largest absolute Gasteiger partial charge is 0.385 e. The van der Waals surface area contributed by atoms with Crippen LogP contribution < -0.4 is 16.0 Å². The SMILES string of the molecule is C#C[C@]1(C)C(CCNC2=CC(C3=CC(C)C(C)N=C3)=CN3C(C(C)CC)=CN[C@H]23)=CNC1/C=C\C. The molecule has 0 saturated carbocycles. The molecule has 0 saturated heterocycles. The van der Waals surface area contributed by atoms with Gasteiger partial charge in [0.05, 0.1) is 23.2 Å². The van der Waals surface area contributed by atoms with Crippen LogP contribution in [0.1, 0.15) is 54.4 Å². The van der Waals surface area contributed by atoms with Gasteiger partial charge in [0.1, 0.15) is 6.17 Å².